The number of aryl methyl sites for hydroxylation is 1. The summed E-state index contributed by atoms with van der Waals surface area (Å²) in [5, 5.41) is 3.12. The molecule has 0 saturated heterocycles. The monoisotopic (exact) mass is 222 g/mol. The Kier molecular flexibility index (Phi) is 2.61. The van der Waals surface area contributed by atoms with Crippen molar-refractivity contribution >= 4 is 39.5 Å². The molecule has 14 heavy (non-hydrogen) atoms. The first kappa shape index (κ1) is 9.74. The highest BCUT2D eigenvalue weighted by atomic mass is 32.2. The van der Waals surface area contributed by atoms with Gasteiger partial charge in [0.25, 0.3) is 0 Å². The van der Waals surface area contributed by atoms with E-state index in [4.69, 9.17) is 0 Å². The van der Waals surface area contributed by atoms with Crippen molar-refractivity contribution < 1.29 is 4.79 Å². The maximum atomic E-state index is 10.9. The fourth-order valence-electron chi connectivity index (χ4n) is 1.62. The maximum Gasteiger partial charge on any atom is 0.150 e. The van der Waals surface area contributed by atoms with Crippen LogP contribution in [0.1, 0.15) is 15.9 Å². The molecule has 0 saturated carbocycles. The lowest BCUT2D eigenvalue weighted by Gasteiger charge is -2.05. The number of aldehydes is 1. The lowest BCUT2D eigenvalue weighted by molar-refractivity contribution is 0.112. The molecule has 1 heterocycles. The molecule has 3 heteroatoms. The zero-order valence-electron chi connectivity index (χ0n) is 8.03. The standard InChI is InChI=1S/C11H10OS2/c1-7-5-8(6-12)9-3-4-14-11(9)10(7)13-2/h3-6H,1-2H3. The lowest BCUT2D eigenvalue weighted by atomic mass is 10.1. The molecule has 1 aromatic heterocycles. The summed E-state index contributed by atoms with van der Waals surface area (Å²) in [6.45, 7) is 2.05. The second-order valence-electron chi connectivity index (χ2n) is 3.10. The number of hydrogen-bond acceptors (Lipinski definition) is 3. The van der Waals surface area contributed by atoms with Crippen LogP contribution in [-0.2, 0) is 0 Å². The van der Waals surface area contributed by atoms with E-state index < -0.39 is 0 Å². The summed E-state index contributed by atoms with van der Waals surface area (Å²) >= 11 is 3.45. The molecule has 0 spiro atoms. The smallest absolute Gasteiger partial charge is 0.150 e. The highest BCUT2D eigenvalue weighted by molar-refractivity contribution is 7.99. The van der Waals surface area contributed by atoms with E-state index >= 15 is 0 Å². The summed E-state index contributed by atoms with van der Waals surface area (Å²) in [4.78, 5) is 12.2. The third kappa shape index (κ3) is 1.37. The van der Waals surface area contributed by atoms with E-state index in [1.54, 1.807) is 23.1 Å². The van der Waals surface area contributed by atoms with Crippen molar-refractivity contribution in [3.05, 3.63) is 28.6 Å². The van der Waals surface area contributed by atoms with Crippen LogP contribution in [0.5, 0.6) is 0 Å². The number of hydrogen-bond donors (Lipinski definition) is 0. The Morgan fingerprint density at radius 3 is 2.93 bits per heavy atom. The van der Waals surface area contributed by atoms with Gasteiger partial charge in [0.1, 0.15) is 0 Å². The average molecular weight is 222 g/mol. The zero-order valence-corrected chi connectivity index (χ0v) is 9.67. The molecule has 2 rings (SSSR count). The van der Waals surface area contributed by atoms with Crippen LogP contribution in [-0.4, -0.2) is 12.5 Å². The van der Waals surface area contributed by atoms with E-state index in [-0.39, 0.29) is 0 Å². The van der Waals surface area contributed by atoms with Crippen LogP contribution in [0.2, 0.25) is 0 Å². The van der Waals surface area contributed by atoms with Crippen molar-refractivity contribution in [3.63, 3.8) is 0 Å². The number of fused-ring (bicyclic) bond motifs is 1. The fourth-order valence-corrected chi connectivity index (χ4v) is 3.61. The predicted molar refractivity (Wildman–Crippen MR) is 63.7 cm³/mol. The zero-order chi connectivity index (χ0) is 10.1. The summed E-state index contributed by atoms with van der Waals surface area (Å²) in [5.41, 5.74) is 1.99. The normalized spacial score (nSPS) is 10.7. The SMILES string of the molecule is CSc1c(C)cc(C=O)c2ccsc12. The Balaban J connectivity index is 2.88. The van der Waals surface area contributed by atoms with Gasteiger partial charge in [-0.1, -0.05) is 0 Å². The molecule has 72 valence electrons. The van der Waals surface area contributed by atoms with E-state index in [0.717, 1.165) is 17.2 Å². The van der Waals surface area contributed by atoms with Crippen molar-refractivity contribution in [1.82, 2.24) is 0 Å². The molecule has 1 aromatic carbocycles. The summed E-state index contributed by atoms with van der Waals surface area (Å²) in [6, 6.07) is 3.98. The second-order valence-corrected chi connectivity index (χ2v) is 4.83. The van der Waals surface area contributed by atoms with E-state index in [0.29, 0.717) is 0 Å². The molecule has 0 aliphatic carbocycles. The Morgan fingerprint density at radius 2 is 2.29 bits per heavy atom. The summed E-state index contributed by atoms with van der Waals surface area (Å²) in [5.74, 6) is 0. The molecule has 0 amide bonds. The first-order valence-corrected chi connectivity index (χ1v) is 6.38. The van der Waals surface area contributed by atoms with Gasteiger partial charge < -0.3 is 0 Å². The van der Waals surface area contributed by atoms with Crippen LogP contribution in [0.25, 0.3) is 10.1 Å². The molecule has 1 nitrogen and oxygen atoms in total. The Morgan fingerprint density at radius 1 is 1.50 bits per heavy atom. The number of thioether (sulfide) groups is 1. The van der Waals surface area contributed by atoms with Crippen LogP contribution >= 0.6 is 23.1 Å². The number of rotatable bonds is 2. The molecule has 0 atom stereocenters. The third-order valence-corrected chi connectivity index (χ3v) is 4.24. The van der Waals surface area contributed by atoms with Crippen LogP contribution < -0.4 is 0 Å². The minimum Gasteiger partial charge on any atom is -0.298 e. The predicted octanol–water partition coefficient (Wildman–Crippen LogP) is 3.74. The molecule has 0 aliphatic rings. The van der Waals surface area contributed by atoms with Crippen molar-refractivity contribution in [1.29, 1.82) is 0 Å². The van der Waals surface area contributed by atoms with E-state index in [1.165, 1.54) is 15.2 Å². The van der Waals surface area contributed by atoms with Gasteiger partial charge in [0.05, 0.1) is 0 Å². The van der Waals surface area contributed by atoms with Crippen LogP contribution in [0.4, 0.5) is 0 Å². The van der Waals surface area contributed by atoms with E-state index in [2.05, 4.69) is 13.2 Å². The van der Waals surface area contributed by atoms with Gasteiger partial charge >= 0.3 is 0 Å². The molecule has 0 unspecified atom stereocenters. The highest BCUT2D eigenvalue weighted by Gasteiger charge is 2.09. The molecule has 0 aliphatic heterocycles. The van der Waals surface area contributed by atoms with Crippen LogP contribution in [0, 0.1) is 6.92 Å². The van der Waals surface area contributed by atoms with Crippen molar-refractivity contribution in [2.45, 2.75) is 11.8 Å². The van der Waals surface area contributed by atoms with Crippen LogP contribution in [0.15, 0.2) is 22.4 Å². The van der Waals surface area contributed by atoms with E-state index in [1.807, 2.05) is 17.5 Å². The van der Waals surface area contributed by atoms with Gasteiger partial charge in [-0.2, -0.15) is 0 Å². The molecule has 0 fully saturated rings. The van der Waals surface area contributed by atoms with Crippen molar-refractivity contribution in [3.8, 4) is 0 Å². The first-order valence-electron chi connectivity index (χ1n) is 4.28. The van der Waals surface area contributed by atoms with Gasteiger partial charge in [0, 0.05) is 20.5 Å². The maximum absolute atomic E-state index is 10.9. The number of benzene rings is 1. The van der Waals surface area contributed by atoms with Gasteiger partial charge in [-0.15, -0.1) is 23.1 Å². The Hall–Kier alpha value is -0.800. The lowest BCUT2D eigenvalue weighted by Crippen LogP contribution is -1.86. The first-order chi connectivity index (χ1) is 6.77. The molecule has 0 radical (unpaired) electrons. The van der Waals surface area contributed by atoms with Gasteiger partial charge in [-0.3, -0.25) is 4.79 Å². The van der Waals surface area contributed by atoms with Gasteiger partial charge in [-0.05, 0) is 36.3 Å². The van der Waals surface area contributed by atoms with Gasteiger partial charge in [0.2, 0.25) is 0 Å². The summed E-state index contributed by atoms with van der Waals surface area (Å²) in [6.07, 6.45) is 3.01. The molecule has 0 bridgehead atoms. The quantitative estimate of drug-likeness (QED) is 0.568. The second kappa shape index (κ2) is 3.75. The topological polar surface area (TPSA) is 17.1 Å². The number of thiophene rings is 1. The molecule has 2 aromatic rings. The highest BCUT2D eigenvalue weighted by Crippen LogP contribution is 2.35. The Labute approximate surface area is 91.1 Å². The van der Waals surface area contributed by atoms with E-state index in [9.17, 15) is 4.79 Å². The third-order valence-electron chi connectivity index (χ3n) is 2.24. The van der Waals surface area contributed by atoms with Crippen LogP contribution in [0.3, 0.4) is 0 Å². The summed E-state index contributed by atoms with van der Waals surface area (Å²) < 4.78 is 1.24. The average Bonchev–Trinajstić information content (AvgIpc) is 2.65. The minimum atomic E-state index is 0.802. The Bertz CT molecular complexity index is 485. The largest absolute Gasteiger partial charge is 0.298 e. The summed E-state index contributed by atoms with van der Waals surface area (Å²) in [7, 11) is 0. The fraction of sp³-hybridized carbons (Fsp3) is 0.182. The molecular weight excluding hydrogens is 212 g/mol. The molecular formula is C11H10OS2. The van der Waals surface area contributed by atoms with Crippen molar-refractivity contribution in [2.24, 2.45) is 0 Å². The van der Waals surface area contributed by atoms with Crippen molar-refractivity contribution in [2.75, 3.05) is 6.26 Å². The number of carbonyl (C=O) groups excluding carboxylic acids is 1. The van der Waals surface area contributed by atoms with Gasteiger partial charge in [-0.25, -0.2) is 0 Å². The van der Waals surface area contributed by atoms with Gasteiger partial charge in [0.15, 0.2) is 6.29 Å². The minimum absolute atomic E-state index is 0.802. The number of carbonyl (C=O) groups is 1. The molecule has 0 N–H and O–H groups in total.